The van der Waals surface area contributed by atoms with E-state index < -0.39 is 0 Å². The molecule has 1 aliphatic heterocycles. The highest BCUT2D eigenvalue weighted by Crippen LogP contribution is 2.36. The number of benzene rings is 2. The summed E-state index contributed by atoms with van der Waals surface area (Å²) in [5.41, 5.74) is 2.00. The second-order valence-corrected chi connectivity index (χ2v) is 7.45. The average Bonchev–Trinajstić information content (AvgIpc) is 3.27. The predicted octanol–water partition coefficient (Wildman–Crippen LogP) is 4.73. The first-order valence-corrected chi connectivity index (χ1v) is 9.42. The maximum Gasteiger partial charge on any atom is 0.223 e. The quantitative estimate of drug-likeness (QED) is 0.678. The molecule has 128 valence electrons. The van der Waals surface area contributed by atoms with Gasteiger partial charge in [0.15, 0.2) is 0 Å². The molecule has 0 radical (unpaired) electrons. The highest BCUT2D eigenvalue weighted by Gasteiger charge is 2.31. The number of fused-ring (bicyclic) bond motifs is 1. The number of carbonyl (C=O) groups excluding carboxylic acids is 1. The fourth-order valence-electron chi connectivity index (χ4n) is 3.40. The van der Waals surface area contributed by atoms with Gasteiger partial charge in [0.1, 0.15) is 10.8 Å². The van der Waals surface area contributed by atoms with Gasteiger partial charge in [0.25, 0.3) is 0 Å². The van der Waals surface area contributed by atoms with Crippen molar-refractivity contribution in [3.05, 3.63) is 64.9 Å². The molecule has 2 heterocycles. The molecule has 2 aromatic carbocycles. The summed E-state index contributed by atoms with van der Waals surface area (Å²) in [5, 5.41) is 1.04. The first kappa shape index (κ1) is 16.2. The van der Waals surface area contributed by atoms with Crippen LogP contribution in [0.5, 0.6) is 0 Å². The molecule has 0 saturated carbocycles. The zero-order valence-corrected chi connectivity index (χ0v) is 14.6. The molecular weight excluding hydrogens is 335 g/mol. The van der Waals surface area contributed by atoms with E-state index in [0.717, 1.165) is 35.5 Å². The predicted molar refractivity (Wildman–Crippen MR) is 98.0 cm³/mol. The highest BCUT2D eigenvalue weighted by atomic mass is 32.1. The van der Waals surface area contributed by atoms with Crippen molar-refractivity contribution in [2.24, 2.45) is 0 Å². The third-order valence-electron chi connectivity index (χ3n) is 4.71. The zero-order valence-electron chi connectivity index (χ0n) is 13.8. The van der Waals surface area contributed by atoms with E-state index in [2.05, 4.69) is 6.07 Å². The number of aromatic nitrogens is 1. The Kier molecular flexibility index (Phi) is 4.49. The Hall–Kier alpha value is -2.27. The topological polar surface area (TPSA) is 33.2 Å². The standard InChI is InChI=1S/C20H19FN2OS/c21-15-10-7-14(8-11-15)9-12-19(24)23-13-3-5-17(23)20-22-16-4-1-2-6-18(16)25-20/h1-2,4,6-8,10-11,17H,3,5,9,12-13H2. The van der Waals surface area contributed by atoms with Gasteiger partial charge in [-0.1, -0.05) is 24.3 Å². The summed E-state index contributed by atoms with van der Waals surface area (Å²) < 4.78 is 14.1. The van der Waals surface area contributed by atoms with E-state index >= 15 is 0 Å². The lowest BCUT2D eigenvalue weighted by molar-refractivity contribution is -0.132. The first-order valence-electron chi connectivity index (χ1n) is 8.60. The average molecular weight is 354 g/mol. The third kappa shape index (κ3) is 3.42. The van der Waals surface area contributed by atoms with Crippen LogP contribution < -0.4 is 0 Å². The molecule has 0 aliphatic carbocycles. The molecule has 1 saturated heterocycles. The van der Waals surface area contributed by atoms with Crippen LogP contribution >= 0.6 is 11.3 Å². The summed E-state index contributed by atoms with van der Waals surface area (Å²) in [5.74, 6) is -0.0865. The molecular formula is C20H19FN2OS. The fourth-order valence-corrected chi connectivity index (χ4v) is 4.52. The van der Waals surface area contributed by atoms with E-state index in [4.69, 9.17) is 4.98 Å². The molecule has 0 spiro atoms. The monoisotopic (exact) mass is 354 g/mol. The minimum Gasteiger partial charge on any atom is -0.333 e. The van der Waals surface area contributed by atoms with E-state index in [1.54, 1.807) is 23.5 Å². The summed E-state index contributed by atoms with van der Waals surface area (Å²) in [6.07, 6.45) is 3.08. The summed E-state index contributed by atoms with van der Waals surface area (Å²) in [6, 6.07) is 14.6. The second kappa shape index (κ2) is 6.92. The number of nitrogens with zero attached hydrogens (tertiary/aromatic N) is 2. The van der Waals surface area contributed by atoms with Crippen molar-refractivity contribution in [1.82, 2.24) is 9.88 Å². The summed E-state index contributed by atoms with van der Waals surface area (Å²) in [7, 11) is 0. The van der Waals surface area contributed by atoms with Crippen molar-refractivity contribution < 1.29 is 9.18 Å². The van der Waals surface area contributed by atoms with Crippen LogP contribution in [0.3, 0.4) is 0 Å². The third-order valence-corrected chi connectivity index (χ3v) is 5.85. The van der Waals surface area contributed by atoms with Crippen molar-refractivity contribution in [3.63, 3.8) is 0 Å². The maximum atomic E-state index is 13.0. The molecule has 4 rings (SSSR count). The Labute approximate surface area is 150 Å². The molecule has 5 heteroatoms. The lowest BCUT2D eigenvalue weighted by Crippen LogP contribution is -2.30. The number of rotatable bonds is 4. The number of hydrogen-bond donors (Lipinski definition) is 0. The largest absolute Gasteiger partial charge is 0.333 e. The van der Waals surface area contributed by atoms with Crippen LogP contribution in [0, 0.1) is 5.82 Å². The van der Waals surface area contributed by atoms with Gasteiger partial charge >= 0.3 is 0 Å². The van der Waals surface area contributed by atoms with Crippen LogP contribution in [0.1, 0.15) is 35.9 Å². The number of hydrogen-bond acceptors (Lipinski definition) is 3. The number of carbonyl (C=O) groups is 1. The number of thiazole rings is 1. The van der Waals surface area contributed by atoms with Gasteiger partial charge in [-0.2, -0.15) is 0 Å². The second-order valence-electron chi connectivity index (χ2n) is 6.39. The Balaban J connectivity index is 1.46. The van der Waals surface area contributed by atoms with Gasteiger partial charge in [0.05, 0.1) is 16.3 Å². The van der Waals surface area contributed by atoms with Crippen molar-refractivity contribution in [2.75, 3.05) is 6.54 Å². The van der Waals surface area contributed by atoms with Gasteiger partial charge in [-0.25, -0.2) is 9.37 Å². The first-order chi connectivity index (χ1) is 12.2. The van der Waals surface area contributed by atoms with Crippen LogP contribution in [-0.2, 0) is 11.2 Å². The summed E-state index contributed by atoms with van der Waals surface area (Å²) >= 11 is 1.69. The van der Waals surface area contributed by atoms with Crippen molar-refractivity contribution >= 4 is 27.5 Å². The van der Waals surface area contributed by atoms with Crippen molar-refractivity contribution in [3.8, 4) is 0 Å². The fraction of sp³-hybridized carbons (Fsp3) is 0.300. The Bertz CT molecular complexity index is 857. The lowest BCUT2D eigenvalue weighted by Gasteiger charge is -2.23. The zero-order chi connectivity index (χ0) is 17.2. The minimum atomic E-state index is -0.245. The molecule has 1 unspecified atom stereocenters. The van der Waals surface area contributed by atoms with Gasteiger partial charge < -0.3 is 4.90 Å². The number of halogens is 1. The lowest BCUT2D eigenvalue weighted by atomic mass is 10.1. The number of aryl methyl sites for hydroxylation is 1. The molecule has 0 bridgehead atoms. The molecule has 1 atom stereocenters. The molecule has 1 aliphatic rings. The van der Waals surface area contributed by atoms with E-state index in [9.17, 15) is 9.18 Å². The Morgan fingerprint density at radius 2 is 2.00 bits per heavy atom. The Morgan fingerprint density at radius 3 is 2.80 bits per heavy atom. The van der Waals surface area contributed by atoms with E-state index in [0.29, 0.717) is 12.8 Å². The van der Waals surface area contributed by atoms with Crippen molar-refractivity contribution in [2.45, 2.75) is 31.7 Å². The van der Waals surface area contributed by atoms with Gasteiger partial charge in [0.2, 0.25) is 5.91 Å². The van der Waals surface area contributed by atoms with E-state index in [-0.39, 0.29) is 17.8 Å². The molecule has 1 aromatic heterocycles. The molecule has 3 aromatic rings. The Morgan fingerprint density at radius 1 is 1.20 bits per heavy atom. The van der Waals surface area contributed by atoms with Crippen molar-refractivity contribution in [1.29, 1.82) is 0 Å². The highest BCUT2D eigenvalue weighted by molar-refractivity contribution is 7.18. The number of para-hydroxylation sites is 1. The minimum absolute atomic E-state index is 0.0955. The molecule has 0 N–H and O–H groups in total. The molecule has 25 heavy (non-hydrogen) atoms. The SMILES string of the molecule is O=C(CCc1ccc(F)cc1)N1CCCC1c1nc2ccccc2s1. The number of likely N-dealkylation sites (tertiary alicyclic amines) is 1. The van der Waals surface area contributed by atoms with Crippen LogP contribution in [0.4, 0.5) is 4.39 Å². The van der Waals surface area contributed by atoms with Gasteiger partial charge in [-0.15, -0.1) is 11.3 Å². The van der Waals surface area contributed by atoms with Crippen LogP contribution in [0.15, 0.2) is 48.5 Å². The van der Waals surface area contributed by atoms with E-state index in [1.165, 1.54) is 16.8 Å². The smallest absolute Gasteiger partial charge is 0.223 e. The van der Waals surface area contributed by atoms with Crippen LogP contribution in [0.25, 0.3) is 10.2 Å². The maximum absolute atomic E-state index is 13.0. The number of amides is 1. The summed E-state index contributed by atoms with van der Waals surface area (Å²) in [4.78, 5) is 19.4. The van der Waals surface area contributed by atoms with Crippen LogP contribution in [-0.4, -0.2) is 22.3 Å². The van der Waals surface area contributed by atoms with Gasteiger partial charge in [-0.3, -0.25) is 4.79 Å². The molecule has 1 amide bonds. The molecule has 1 fully saturated rings. The van der Waals surface area contributed by atoms with Gasteiger partial charge in [0, 0.05) is 13.0 Å². The van der Waals surface area contributed by atoms with Gasteiger partial charge in [-0.05, 0) is 49.1 Å². The molecule has 3 nitrogen and oxygen atoms in total. The van der Waals surface area contributed by atoms with E-state index in [1.807, 2.05) is 23.1 Å². The summed E-state index contributed by atoms with van der Waals surface area (Å²) in [6.45, 7) is 0.794. The normalized spacial score (nSPS) is 17.3. The van der Waals surface area contributed by atoms with Crippen LogP contribution in [0.2, 0.25) is 0 Å².